The van der Waals surface area contributed by atoms with Crippen molar-refractivity contribution in [1.29, 1.82) is 0 Å². The summed E-state index contributed by atoms with van der Waals surface area (Å²) in [7, 11) is 1.39. The molecule has 5 nitrogen and oxygen atoms in total. The summed E-state index contributed by atoms with van der Waals surface area (Å²) in [4.78, 5) is 28.0. The minimum atomic E-state index is -0.354. The van der Waals surface area contributed by atoms with E-state index in [-0.39, 0.29) is 24.0 Å². The molecule has 0 aliphatic carbocycles. The van der Waals surface area contributed by atoms with Gasteiger partial charge in [0.1, 0.15) is 6.04 Å². The molecule has 2 saturated heterocycles. The number of methoxy groups -OCH3 is 1. The Kier molecular flexibility index (Phi) is 4.45. The number of hydrogen-bond donors (Lipinski definition) is 0. The van der Waals surface area contributed by atoms with Gasteiger partial charge in [-0.3, -0.25) is 4.79 Å². The van der Waals surface area contributed by atoms with Crippen molar-refractivity contribution in [3.8, 4) is 0 Å². The predicted molar refractivity (Wildman–Crippen MR) is 71.6 cm³/mol. The van der Waals surface area contributed by atoms with Gasteiger partial charge in [0.2, 0.25) is 5.91 Å². The van der Waals surface area contributed by atoms with Crippen LogP contribution in [-0.4, -0.2) is 60.0 Å². The molecular formula is C14H24N2O3. The molecule has 108 valence electrons. The van der Waals surface area contributed by atoms with Crippen molar-refractivity contribution in [2.75, 3.05) is 20.2 Å². The molecule has 2 aliphatic heterocycles. The Hall–Kier alpha value is -1.10. The molecule has 0 radical (unpaired) electrons. The Morgan fingerprint density at radius 3 is 2.42 bits per heavy atom. The molecule has 2 heterocycles. The van der Waals surface area contributed by atoms with Crippen molar-refractivity contribution in [3.05, 3.63) is 0 Å². The molecule has 1 unspecified atom stereocenters. The second-order valence-electron chi connectivity index (χ2n) is 5.74. The molecule has 2 rings (SSSR count). The first-order valence-electron chi connectivity index (χ1n) is 7.17. The Balaban J connectivity index is 2.00. The third-order valence-corrected chi connectivity index (χ3v) is 4.35. The second-order valence-corrected chi connectivity index (χ2v) is 5.74. The number of rotatable bonds is 3. The number of carbonyl (C=O) groups is 2. The van der Waals surface area contributed by atoms with E-state index in [9.17, 15) is 9.59 Å². The number of hydrogen-bond acceptors (Lipinski definition) is 4. The van der Waals surface area contributed by atoms with Crippen molar-refractivity contribution in [1.82, 2.24) is 9.80 Å². The molecule has 0 aromatic heterocycles. The van der Waals surface area contributed by atoms with Crippen LogP contribution in [0.2, 0.25) is 0 Å². The van der Waals surface area contributed by atoms with E-state index in [0.717, 1.165) is 25.9 Å². The van der Waals surface area contributed by atoms with Gasteiger partial charge in [-0.2, -0.15) is 0 Å². The maximum Gasteiger partial charge on any atom is 0.328 e. The highest BCUT2D eigenvalue weighted by atomic mass is 16.5. The highest BCUT2D eigenvalue weighted by Gasteiger charge is 2.41. The van der Waals surface area contributed by atoms with Gasteiger partial charge in [0.25, 0.3) is 0 Å². The molecule has 1 amide bonds. The van der Waals surface area contributed by atoms with E-state index >= 15 is 0 Å². The van der Waals surface area contributed by atoms with E-state index < -0.39 is 0 Å². The average Bonchev–Trinajstić information content (AvgIpc) is 2.80. The lowest BCUT2D eigenvalue weighted by molar-refractivity contribution is -0.151. The first-order chi connectivity index (χ1) is 9.04. The molecule has 0 aromatic carbocycles. The lowest BCUT2D eigenvalue weighted by Crippen LogP contribution is -2.51. The Morgan fingerprint density at radius 1 is 1.26 bits per heavy atom. The monoisotopic (exact) mass is 268 g/mol. The number of likely N-dealkylation sites (tertiary alicyclic amines) is 2. The minimum Gasteiger partial charge on any atom is -0.467 e. The number of ether oxygens (including phenoxy) is 1. The summed E-state index contributed by atoms with van der Waals surface area (Å²) in [6.07, 6.45) is 2.99. The number of amides is 1. The number of carbonyl (C=O) groups excluding carboxylic acids is 2. The summed E-state index contributed by atoms with van der Waals surface area (Å²) in [5, 5.41) is 0. The highest BCUT2D eigenvalue weighted by molar-refractivity contribution is 5.88. The summed E-state index contributed by atoms with van der Waals surface area (Å²) in [6, 6.07) is 0.397. The zero-order valence-electron chi connectivity index (χ0n) is 12.1. The fraction of sp³-hybridized carbons (Fsp3) is 0.857. The molecule has 1 atom stereocenters. The third kappa shape index (κ3) is 2.91. The zero-order chi connectivity index (χ0) is 14.0. The normalized spacial score (nSPS) is 26.2. The van der Waals surface area contributed by atoms with Crippen molar-refractivity contribution in [2.24, 2.45) is 0 Å². The van der Waals surface area contributed by atoms with Gasteiger partial charge in [0.15, 0.2) is 0 Å². The van der Waals surface area contributed by atoms with Crippen LogP contribution >= 0.6 is 0 Å². The van der Waals surface area contributed by atoms with E-state index in [4.69, 9.17) is 4.74 Å². The van der Waals surface area contributed by atoms with E-state index in [2.05, 4.69) is 18.7 Å². The van der Waals surface area contributed by atoms with Crippen molar-refractivity contribution >= 4 is 11.9 Å². The van der Waals surface area contributed by atoms with Gasteiger partial charge < -0.3 is 14.5 Å². The summed E-state index contributed by atoms with van der Waals surface area (Å²) < 4.78 is 4.82. The van der Waals surface area contributed by atoms with Crippen molar-refractivity contribution in [2.45, 2.75) is 57.7 Å². The number of piperidine rings is 1. The van der Waals surface area contributed by atoms with Crippen LogP contribution in [0.4, 0.5) is 0 Å². The van der Waals surface area contributed by atoms with E-state index in [1.807, 2.05) is 0 Å². The zero-order valence-corrected chi connectivity index (χ0v) is 12.1. The Morgan fingerprint density at radius 2 is 1.89 bits per heavy atom. The first-order valence-corrected chi connectivity index (χ1v) is 7.17. The van der Waals surface area contributed by atoms with E-state index in [0.29, 0.717) is 18.9 Å². The summed E-state index contributed by atoms with van der Waals surface area (Å²) in [6.45, 7) is 6.39. The molecule has 0 saturated carbocycles. The van der Waals surface area contributed by atoms with Crippen molar-refractivity contribution < 1.29 is 14.3 Å². The van der Waals surface area contributed by atoms with E-state index in [1.165, 1.54) is 7.11 Å². The van der Waals surface area contributed by atoms with Gasteiger partial charge in [0.05, 0.1) is 7.11 Å². The minimum absolute atomic E-state index is 0.110. The number of esters is 1. The van der Waals surface area contributed by atoms with Gasteiger partial charge in [-0.1, -0.05) is 0 Å². The predicted octanol–water partition coefficient (Wildman–Crippen LogP) is 1.02. The maximum atomic E-state index is 12.0. The van der Waals surface area contributed by atoms with Crippen LogP contribution in [0, 0.1) is 0 Å². The van der Waals surface area contributed by atoms with Crippen LogP contribution < -0.4 is 0 Å². The lowest BCUT2D eigenvalue weighted by atomic mass is 10.0. The van der Waals surface area contributed by atoms with Gasteiger partial charge in [-0.05, 0) is 33.1 Å². The molecule has 0 N–H and O–H groups in total. The van der Waals surface area contributed by atoms with Crippen LogP contribution in [0.25, 0.3) is 0 Å². The fourth-order valence-corrected chi connectivity index (χ4v) is 3.21. The lowest BCUT2D eigenvalue weighted by Gasteiger charge is -2.40. The smallest absolute Gasteiger partial charge is 0.328 e. The van der Waals surface area contributed by atoms with Crippen LogP contribution in [0.1, 0.15) is 39.5 Å². The summed E-state index contributed by atoms with van der Waals surface area (Å²) in [5.74, 6) is -0.157. The van der Waals surface area contributed by atoms with Gasteiger partial charge in [-0.15, -0.1) is 0 Å². The maximum absolute atomic E-state index is 12.0. The molecule has 19 heavy (non-hydrogen) atoms. The van der Waals surface area contributed by atoms with Crippen LogP contribution in [-0.2, 0) is 14.3 Å². The molecule has 2 aliphatic rings. The molecular weight excluding hydrogens is 244 g/mol. The molecule has 0 spiro atoms. The van der Waals surface area contributed by atoms with Crippen LogP contribution in [0.5, 0.6) is 0 Å². The molecule has 5 heteroatoms. The average molecular weight is 268 g/mol. The fourth-order valence-electron chi connectivity index (χ4n) is 3.21. The Bertz CT molecular complexity index is 349. The van der Waals surface area contributed by atoms with Gasteiger partial charge in [0, 0.05) is 31.6 Å². The van der Waals surface area contributed by atoms with Crippen LogP contribution in [0.3, 0.4) is 0 Å². The third-order valence-electron chi connectivity index (χ3n) is 4.35. The quantitative estimate of drug-likeness (QED) is 0.717. The molecule has 0 bridgehead atoms. The SMILES string of the molecule is COC(=O)C1CCC(=O)N1C1CCN(C(C)C)CC1. The van der Waals surface area contributed by atoms with Gasteiger partial charge in [-0.25, -0.2) is 4.79 Å². The second kappa shape index (κ2) is 5.90. The van der Waals surface area contributed by atoms with Gasteiger partial charge >= 0.3 is 5.97 Å². The summed E-state index contributed by atoms with van der Waals surface area (Å²) >= 11 is 0. The topological polar surface area (TPSA) is 49.9 Å². The standard InChI is InChI=1S/C14H24N2O3/c1-10(2)15-8-6-11(7-9-15)16-12(14(18)19-3)4-5-13(16)17/h10-12H,4-9H2,1-3H3. The van der Waals surface area contributed by atoms with Crippen molar-refractivity contribution in [3.63, 3.8) is 0 Å². The van der Waals surface area contributed by atoms with Crippen LogP contribution in [0.15, 0.2) is 0 Å². The largest absolute Gasteiger partial charge is 0.467 e. The molecule has 0 aromatic rings. The number of nitrogens with zero attached hydrogens (tertiary/aromatic N) is 2. The molecule has 2 fully saturated rings. The Labute approximate surface area is 114 Å². The van der Waals surface area contributed by atoms with E-state index in [1.54, 1.807) is 4.90 Å². The first kappa shape index (κ1) is 14.3. The summed E-state index contributed by atoms with van der Waals surface area (Å²) in [5.41, 5.74) is 0. The highest BCUT2D eigenvalue weighted by Crippen LogP contribution is 2.28.